The summed E-state index contributed by atoms with van der Waals surface area (Å²) in [5, 5.41) is 26.5. The number of hydrogen-bond acceptors (Lipinski definition) is 5. The number of allylic oxidation sites excluding steroid dienone is 2. The van der Waals surface area contributed by atoms with Gasteiger partial charge in [-0.15, -0.1) is 0 Å². The van der Waals surface area contributed by atoms with Crippen LogP contribution in [-0.2, 0) is 0 Å². The number of hydrogen-bond donors (Lipinski definition) is 0. The number of non-ortho nitro benzene ring substituents is 2. The van der Waals surface area contributed by atoms with Crippen LogP contribution in [0.3, 0.4) is 0 Å². The summed E-state index contributed by atoms with van der Waals surface area (Å²) in [6.07, 6.45) is 7.37. The molecule has 152 valence electrons. The Morgan fingerprint density at radius 3 is 1.87 bits per heavy atom. The fraction of sp³-hybridized carbons (Fsp3) is 0.182. The van der Waals surface area contributed by atoms with Crippen molar-refractivity contribution in [2.75, 3.05) is 7.05 Å². The van der Waals surface area contributed by atoms with Crippen molar-refractivity contribution in [1.82, 2.24) is 0 Å². The molecule has 30 heavy (non-hydrogen) atoms. The number of hydrazone groups is 1. The SMILES string of the molecule is C[N+]1=C(/C=C/c2cccc([N+](=O)[O-])c2)C(C)(C)C(/C=C/c2cccc([N+](=O)[O-])c2)=N1. The minimum Gasteiger partial charge on any atom is -0.258 e. The highest BCUT2D eigenvalue weighted by Crippen LogP contribution is 2.28. The predicted octanol–water partition coefficient (Wildman–Crippen LogP) is 4.71. The van der Waals surface area contributed by atoms with Crippen LogP contribution in [0, 0.1) is 25.6 Å². The number of rotatable bonds is 6. The minimum absolute atomic E-state index is 0.0361. The Balaban J connectivity index is 1.81. The van der Waals surface area contributed by atoms with E-state index in [-0.39, 0.29) is 11.4 Å². The van der Waals surface area contributed by atoms with Gasteiger partial charge in [0.1, 0.15) is 5.71 Å². The van der Waals surface area contributed by atoms with Crippen LogP contribution in [-0.4, -0.2) is 33.0 Å². The summed E-state index contributed by atoms with van der Waals surface area (Å²) in [6.45, 7) is 4.06. The van der Waals surface area contributed by atoms with Gasteiger partial charge in [-0.1, -0.05) is 35.0 Å². The fourth-order valence-corrected chi connectivity index (χ4v) is 3.27. The Kier molecular flexibility index (Phi) is 5.68. The monoisotopic (exact) mass is 405 g/mol. The van der Waals surface area contributed by atoms with E-state index in [1.54, 1.807) is 35.0 Å². The van der Waals surface area contributed by atoms with Gasteiger partial charge in [0, 0.05) is 30.3 Å². The standard InChI is InChI=1S/C22H21N4O4/c1-22(2)20(12-10-16-6-4-8-18(14-16)25(27)28)23-24(3)21(22)13-11-17-7-5-9-19(15-17)26(29)30/h4-15H,1-3H3/q+1/b12-10+,13-11+. The summed E-state index contributed by atoms with van der Waals surface area (Å²) in [5.74, 6) is 0. The van der Waals surface area contributed by atoms with Gasteiger partial charge in [0.25, 0.3) is 11.4 Å². The third-order valence-electron chi connectivity index (χ3n) is 4.92. The third kappa shape index (κ3) is 4.38. The van der Waals surface area contributed by atoms with Crippen LogP contribution in [0.5, 0.6) is 0 Å². The molecular formula is C22H21N4O4+. The Morgan fingerprint density at radius 2 is 1.37 bits per heavy atom. The highest BCUT2D eigenvalue weighted by molar-refractivity contribution is 6.20. The van der Waals surface area contributed by atoms with Gasteiger partial charge in [-0.25, -0.2) is 0 Å². The maximum atomic E-state index is 11.0. The molecular weight excluding hydrogens is 384 g/mol. The van der Waals surface area contributed by atoms with E-state index in [2.05, 4.69) is 5.10 Å². The lowest BCUT2D eigenvalue weighted by molar-refractivity contribution is -0.499. The molecule has 1 aliphatic heterocycles. The summed E-state index contributed by atoms with van der Waals surface area (Å²) in [4.78, 5) is 21.1. The van der Waals surface area contributed by atoms with Crippen molar-refractivity contribution in [3.8, 4) is 0 Å². The summed E-state index contributed by atoms with van der Waals surface area (Å²) in [5.41, 5.74) is 2.82. The zero-order valence-corrected chi connectivity index (χ0v) is 16.9. The Bertz CT molecular complexity index is 1140. The van der Waals surface area contributed by atoms with E-state index < -0.39 is 15.3 Å². The van der Waals surface area contributed by atoms with E-state index in [0.29, 0.717) is 5.56 Å². The van der Waals surface area contributed by atoms with Crippen molar-refractivity contribution in [3.63, 3.8) is 0 Å². The van der Waals surface area contributed by atoms with Crippen LogP contribution >= 0.6 is 0 Å². The van der Waals surface area contributed by atoms with Gasteiger partial charge in [-0.3, -0.25) is 20.2 Å². The molecule has 8 heteroatoms. The molecule has 0 fully saturated rings. The van der Waals surface area contributed by atoms with Gasteiger partial charge < -0.3 is 0 Å². The van der Waals surface area contributed by atoms with Crippen molar-refractivity contribution < 1.29 is 14.5 Å². The van der Waals surface area contributed by atoms with E-state index in [9.17, 15) is 20.2 Å². The lowest BCUT2D eigenvalue weighted by Gasteiger charge is -2.14. The Hall–Kier alpha value is -3.94. The molecule has 2 aromatic carbocycles. The van der Waals surface area contributed by atoms with Gasteiger partial charge in [0.15, 0.2) is 7.05 Å². The second-order valence-corrected chi connectivity index (χ2v) is 7.39. The Morgan fingerprint density at radius 1 is 0.867 bits per heavy atom. The number of nitrogens with zero attached hydrogens (tertiary/aromatic N) is 4. The second-order valence-electron chi connectivity index (χ2n) is 7.39. The Labute approximate surface area is 173 Å². The summed E-state index contributed by atoms with van der Waals surface area (Å²) >= 11 is 0. The molecule has 3 rings (SSSR count). The molecule has 0 N–H and O–H groups in total. The summed E-state index contributed by atoms with van der Waals surface area (Å²) in [6, 6.07) is 12.8. The molecule has 2 aromatic rings. The van der Waals surface area contributed by atoms with E-state index >= 15 is 0 Å². The molecule has 0 radical (unpaired) electrons. The summed E-state index contributed by atoms with van der Waals surface area (Å²) in [7, 11) is 1.84. The zero-order chi connectivity index (χ0) is 21.9. The van der Waals surface area contributed by atoms with Crippen molar-refractivity contribution in [2.24, 2.45) is 10.5 Å². The van der Waals surface area contributed by atoms with Crippen LogP contribution in [0.15, 0.2) is 65.8 Å². The largest absolute Gasteiger partial charge is 0.270 e. The average molecular weight is 405 g/mol. The topological polar surface area (TPSA) is 102 Å². The van der Waals surface area contributed by atoms with Crippen LogP contribution < -0.4 is 0 Å². The molecule has 0 unspecified atom stereocenters. The smallest absolute Gasteiger partial charge is 0.258 e. The van der Waals surface area contributed by atoms with Crippen molar-refractivity contribution in [3.05, 3.63) is 92.0 Å². The van der Waals surface area contributed by atoms with Gasteiger partial charge in [-0.2, -0.15) is 0 Å². The van der Waals surface area contributed by atoms with Gasteiger partial charge >= 0.3 is 0 Å². The first-order valence-corrected chi connectivity index (χ1v) is 9.24. The van der Waals surface area contributed by atoms with Crippen LogP contribution in [0.25, 0.3) is 12.2 Å². The zero-order valence-electron chi connectivity index (χ0n) is 16.9. The third-order valence-corrected chi connectivity index (χ3v) is 4.92. The number of benzene rings is 2. The van der Waals surface area contributed by atoms with Crippen LogP contribution in [0.2, 0.25) is 0 Å². The van der Waals surface area contributed by atoms with Crippen molar-refractivity contribution in [2.45, 2.75) is 13.8 Å². The van der Waals surface area contributed by atoms with E-state index in [0.717, 1.165) is 17.0 Å². The highest BCUT2D eigenvalue weighted by Gasteiger charge is 2.41. The maximum Gasteiger partial charge on any atom is 0.270 e. The molecule has 8 nitrogen and oxygen atoms in total. The molecule has 0 amide bonds. The van der Waals surface area contributed by atoms with Crippen LogP contribution in [0.4, 0.5) is 11.4 Å². The van der Waals surface area contributed by atoms with Crippen molar-refractivity contribution in [1.29, 1.82) is 0 Å². The highest BCUT2D eigenvalue weighted by atomic mass is 16.6. The normalized spacial score (nSPS) is 15.8. The maximum absolute atomic E-state index is 11.0. The molecule has 0 saturated carbocycles. The van der Waals surface area contributed by atoms with Gasteiger partial charge in [-0.05, 0) is 42.2 Å². The molecule has 0 saturated heterocycles. The predicted molar refractivity (Wildman–Crippen MR) is 117 cm³/mol. The average Bonchev–Trinajstić information content (AvgIpc) is 2.92. The molecule has 0 aromatic heterocycles. The molecule has 1 aliphatic rings. The number of nitro benzene ring substituents is 2. The quantitative estimate of drug-likeness (QED) is 0.394. The molecule has 0 atom stereocenters. The van der Waals surface area contributed by atoms with E-state index in [1.807, 2.05) is 39.1 Å². The first kappa shape index (κ1) is 20.8. The first-order valence-electron chi connectivity index (χ1n) is 9.24. The fourth-order valence-electron chi connectivity index (χ4n) is 3.27. The van der Waals surface area contributed by atoms with Crippen molar-refractivity contribution >= 4 is 35.0 Å². The van der Waals surface area contributed by atoms with E-state index in [1.165, 1.54) is 24.3 Å². The first-order chi connectivity index (χ1) is 14.2. The number of nitro groups is 2. The summed E-state index contributed by atoms with van der Waals surface area (Å²) < 4.78 is 1.76. The molecule has 0 bridgehead atoms. The molecule has 1 heterocycles. The van der Waals surface area contributed by atoms with Crippen LogP contribution in [0.1, 0.15) is 25.0 Å². The lowest BCUT2D eigenvalue weighted by Crippen LogP contribution is -2.29. The molecule has 0 spiro atoms. The van der Waals surface area contributed by atoms with E-state index in [4.69, 9.17) is 0 Å². The lowest BCUT2D eigenvalue weighted by atomic mass is 9.82. The van der Waals surface area contributed by atoms with Gasteiger partial charge in [0.05, 0.1) is 15.3 Å². The van der Waals surface area contributed by atoms with Gasteiger partial charge in [0.2, 0.25) is 5.71 Å². The second kappa shape index (κ2) is 8.20. The minimum atomic E-state index is -0.424. The molecule has 0 aliphatic carbocycles.